The van der Waals surface area contributed by atoms with Crippen molar-refractivity contribution >= 4 is 0 Å². The van der Waals surface area contributed by atoms with E-state index in [0.29, 0.717) is 11.5 Å². The average Bonchev–Trinajstić information content (AvgIpc) is 3.24. The second-order valence-electron chi connectivity index (χ2n) is 13.3. The van der Waals surface area contributed by atoms with Crippen molar-refractivity contribution in [2.45, 2.75) is 30.5 Å². The summed E-state index contributed by atoms with van der Waals surface area (Å²) in [6.07, 6.45) is 0. The molecule has 0 atom stereocenters. The van der Waals surface area contributed by atoms with Gasteiger partial charge in [0.2, 0.25) is 0 Å². The maximum absolute atomic E-state index is 11.5. The first-order valence-corrected chi connectivity index (χ1v) is 18.1. The summed E-state index contributed by atoms with van der Waals surface area (Å²) < 4.78 is 24.8. The minimum atomic E-state index is -1.27. The summed E-state index contributed by atoms with van der Waals surface area (Å²) in [4.78, 5) is 0. The zero-order valence-electron chi connectivity index (χ0n) is 30.8. The van der Waals surface area contributed by atoms with E-state index in [2.05, 4.69) is 60.3 Å². The smallest absolute Gasteiger partial charge is 0.344 e. The Morgan fingerprint density at radius 3 is 0.964 bits per heavy atom. The number of benzene rings is 6. The molecule has 276 valence electrons. The van der Waals surface area contributed by atoms with E-state index >= 15 is 0 Å². The fraction of sp³-hybridized carbons (Fsp3) is 0.191. The Hall–Kier alpha value is -6.58. The van der Waals surface area contributed by atoms with Crippen molar-refractivity contribution in [2.24, 2.45) is 0 Å². The van der Waals surface area contributed by atoms with E-state index in [9.17, 15) is 10.4 Å². The first-order valence-electron chi connectivity index (χ1n) is 18.1. The molecule has 0 fully saturated rings. The Morgan fingerprint density at radius 2 is 0.691 bits per heavy atom. The number of hydrogen-bond donors (Lipinski definition) is 0. The highest BCUT2D eigenvalue weighted by Crippen LogP contribution is 2.36. The van der Waals surface area contributed by atoms with E-state index in [-0.39, 0.29) is 31.8 Å². The molecule has 0 radical (unpaired) electrons. The molecule has 0 saturated carbocycles. The average molecular weight is 731 g/mol. The van der Waals surface area contributed by atoms with Crippen molar-refractivity contribution in [3.8, 4) is 23.6 Å². The maximum atomic E-state index is 11.5. The van der Waals surface area contributed by atoms with Gasteiger partial charge in [0, 0.05) is 37.7 Å². The third-order valence-electron chi connectivity index (χ3n) is 9.62. The van der Waals surface area contributed by atoms with Crippen LogP contribution in [0.3, 0.4) is 0 Å². The highest BCUT2D eigenvalue weighted by Gasteiger charge is 2.41. The van der Waals surface area contributed by atoms with Crippen molar-refractivity contribution in [1.29, 1.82) is 0 Å². The molecule has 0 bridgehead atoms. The van der Waals surface area contributed by atoms with E-state index in [1.807, 2.05) is 146 Å². The van der Waals surface area contributed by atoms with Crippen LogP contribution in [0.5, 0.6) is 11.5 Å². The molecule has 8 heteroatoms. The van der Waals surface area contributed by atoms with E-state index < -0.39 is 11.2 Å². The van der Waals surface area contributed by atoms with E-state index in [1.165, 1.54) is 0 Å². The van der Waals surface area contributed by atoms with E-state index in [4.69, 9.17) is 18.9 Å². The van der Waals surface area contributed by atoms with Crippen LogP contribution in [0.15, 0.2) is 170 Å². The second kappa shape index (κ2) is 18.0. The largest absolute Gasteiger partial charge is 0.498 e. The number of rotatable bonds is 16. The minimum absolute atomic E-state index is 0.188. The lowest BCUT2D eigenvalue weighted by Crippen LogP contribution is -2.31. The van der Waals surface area contributed by atoms with Gasteiger partial charge in [-0.15, -0.1) is 0 Å². The van der Waals surface area contributed by atoms with Gasteiger partial charge in [-0.05, 0) is 35.4 Å². The van der Waals surface area contributed by atoms with Gasteiger partial charge in [0.05, 0.1) is 13.2 Å². The molecule has 8 nitrogen and oxygen atoms in total. The molecular weight excluding hydrogens is 689 g/mol. The topological polar surface area (TPSA) is 91.8 Å². The SMILES string of the molecule is CC(C)(c1ccc(OCCOC(C#[N+][O-])(c2ccccc2)c2ccccc2)cc1)c1ccc(OCCOC(C#[N+][O-])(c2ccccc2)c2ccccc2)cc1. The standard InChI is InChI=1S/C47H42N2O6/c1-45(2,37-23-27-43(28-24-37)52-31-33-54-46(35-48-50,39-15-7-3-8-16-39)40-17-9-4-10-18-40)38-25-29-44(30-26-38)53-32-34-55-47(36-49-51,41-19-11-5-12-20-41)42-21-13-6-14-22-42/h3-30H,31-34H2,1-2H3. The van der Waals surface area contributed by atoms with Crippen molar-refractivity contribution in [3.05, 3.63) is 224 Å². The number of hydrogen-bond acceptors (Lipinski definition) is 6. The summed E-state index contributed by atoms with van der Waals surface area (Å²) in [7, 11) is 0. The third-order valence-corrected chi connectivity index (χ3v) is 9.62. The summed E-state index contributed by atoms with van der Waals surface area (Å²) in [6, 6.07) is 59.2. The van der Waals surface area contributed by atoms with Gasteiger partial charge in [-0.1, -0.05) is 159 Å². The van der Waals surface area contributed by atoms with Crippen LogP contribution < -0.4 is 9.47 Å². The second-order valence-corrected chi connectivity index (χ2v) is 13.3. The summed E-state index contributed by atoms with van der Waals surface area (Å²) in [6.45, 7) is 5.22. The zero-order chi connectivity index (χ0) is 38.4. The lowest BCUT2D eigenvalue weighted by atomic mass is 9.78. The van der Waals surface area contributed by atoms with Gasteiger partial charge >= 0.3 is 12.1 Å². The first kappa shape index (κ1) is 38.2. The van der Waals surface area contributed by atoms with Crippen LogP contribution in [0.1, 0.15) is 47.2 Å². The summed E-state index contributed by atoms with van der Waals surface area (Å²) >= 11 is 0. The number of ether oxygens (including phenoxy) is 4. The van der Waals surface area contributed by atoms with Crippen molar-refractivity contribution in [2.75, 3.05) is 26.4 Å². The highest BCUT2D eigenvalue weighted by molar-refractivity contribution is 5.46. The van der Waals surface area contributed by atoms with Gasteiger partial charge in [-0.2, -0.15) is 0 Å². The zero-order valence-corrected chi connectivity index (χ0v) is 30.8. The van der Waals surface area contributed by atoms with Crippen LogP contribution >= 0.6 is 0 Å². The van der Waals surface area contributed by atoms with Gasteiger partial charge in [-0.25, -0.2) is 0 Å². The lowest BCUT2D eigenvalue weighted by Gasteiger charge is -2.27. The molecular formula is C47H42N2O6. The molecule has 0 aliphatic heterocycles. The Labute approximate surface area is 322 Å². The van der Waals surface area contributed by atoms with Gasteiger partial charge in [0.15, 0.2) is 0 Å². The molecule has 6 aromatic rings. The maximum Gasteiger partial charge on any atom is 0.344 e. The fourth-order valence-corrected chi connectivity index (χ4v) is 6.62. The molecule has 55 heavy (non-hydrogen) atoms. The molecule has 6 aromatic carbocycles. The van der Waals surface area contributed by atoms with Crippen LogP contribution in [0.25, 0.3) is 10.0 Å². The molecule has 0 heterocycles. The highest BCUT2D eigenvalue weighted by atomic mass is 16.5. The summed E-state index contributed by atoms with van der Waals surface area (Å²) in [5.41, 5.74) is 2.37. The minimum Gasteiger partial charge on any atom is -0.498 e. The molecule has 6 rings (SSSR count). The molecule has 0 aliphatic rings. The van der Waals surface area contributed by atoms with E-state index in [1.54, 1.807) is 0 Å². The van der Waals surface area contributed by atoms with E-state index in [0.717, 1.165) is 33.4 Å². The predicted molar refractivity (Wildman–Crippen MR) is 216 cm³/mol. The predicted octanol–water partition coefficient (Wildman–Crippen LogP) is 10.4. The van der Waals surface area contributed by atoms with Crippen LogP contribution in [0.2, 0.25) is 0 Å². The van der Waals surface area contributed by atoms with Crippen molar-refractivity contribution in [1.82, 2.24) is 0 Å². The van der Waals surface area contributed by atoms with Gasteiger partial charge in [0.1, 0.15) is 24.7 Å². The van der Waals surface area contributed by atoms with Crippen LogP contribution in [0.4, 0.5) is 0 Å². The summed E-state index contributed by atoms with van der Waals surface area (Å²) in [5, 5.41) is 29.1. The fourth-order valence-electron chi connectivity index (χ4n) is 6.62. The first-order chi connectivity index (χ1) is 26.9. The van der Waals surface area contributed by atoms with Crippen LogP contribution in [-0.2, 0) is 26.1 Å². The Kier molecular flexibility index (Phi) is 12.5. The van der Waals surface area contributed by atoms with Gasteiger partial charge in [0.25, 0.3) is 11.2 Å². The third kappa shape index (κ3) is 8.80. The molecule has 0 spiro atoms. The quantitative estimate of drug-likeness (QED) is 0.0727. The Balaban J connectivity index is 1.05. The number of nitrogens with zero attached hydrogens (tertiary/aromatic N) is 2. The van der Waals surface area contributed by atoms with Crippen molar-refractivity contribution < 1.29 is 18.9 Å². The van der Waals surface area contributed by atoms with Crippen LogP contribution in [-0.4, -0.2) is 26.4 Å². The summed E-state index contributed by atoms with van der Waals surface area (Å²) in [5.74, 6) is 1.39. The molecule has 0 amide bonds. The van der Waals surface area contributed by atoms with Crippen LogP contribution in [0, 0.1) is 22.6 Å². The Bertz CT molecular complexity index is 1970. The molecule has 0 aromatic heterocycles. The molecule has 0 N–H and O–H groups in total. The van der Waals surface area contributed by atoms with Gasteiger partial charge in [-0.3, -0.25) is 0 Å². The normalized spacial score (nSPS) is 11.4. The van der Waals surface area contributed by atoms with Crippen molar-refractivity contribution in [3.63, 3.8) is 0 Å². The monoisotopic (exact) mass is 730 g/mol. The molecule has 0 saturated heterocycles. The Morgan fingerprint density at radius 1 is 0.400 bits per heavy atom. The van der Waals surface area contributed by atoms with Gasteiger partial charge < -0.3 is 29.4 Å². The molecule has 0 unspecified atom stereocenters. The molecule has 0 aliphatic carbocycles. The lowest BCUT2D eigenvalue weighted by molar-refractivity contribution is 0.00927.